The number of rotatable bonds is 3. The molecule has 1 aliphatic carbocycles. The quantitative estimate of drug-likeness (QED) is 0.734. The topological polar surface area (TPSA) is 38.5 Å². The summed E-state index contributed by atoms with van der Waals surface area (Å²) in [6.45, 7) is 5.20. The van der Waals surface area contributed by atoms with Gasteiger partial charge in [-0.05, 0) is 25.7 Å². The zero-order chi connectivity index (χ0) is 9.97. The van der Waals surface area contributed by atoms with E-state index >= 15 is 0 Å². The van der Waals surface area contributed by atoms with Gasteiger partial charge in [-0.1, -0.05) is 6.92 Å². The van der Waals surface area contributed by atoms with Crippen LogP contribution in [0.1, 0.15) is 32.6 Å². The van der Waals surface area contributed by atoms with Gasteiger partial charge in [0.1, 0.15) is 0 Å². The Morgan fingerprint density at radius 2 is 2.36 bits per heavy atom. The molecule has 0 radical (unpaired) electrons. The summed E-state index contributed by atoms with van der Waals surface area (Å²) >= 11 is 0. The lowest BCUT2D eigenvalue weighted by Gasteiger charge is -2.38. The van der Waals surface area contributed by atoms with E-state index in [1.165, 1.54) is 19.3 Å². The van der Waals surface area contributed by atoms with Crippen LogP contribution in [0.5, 0.6) is 0 Å². The summed E-state index contributed by atoms with van der Waals surface area (Å²) in [6.07, 6.45) is 5.47. The number of nitrogens with two attached hydrogens (primary N) is 1. The van der Waals surface area contributed by atoms with Gasteiger partial charge in [0.05, 0.1) is 12.7 Å². The van der Waals surface area contributed by atoms with Crippen molar-refractivity contribution in [2.75, 3.05) is 19.7 Å². The Balaban J connectivity index is 1.90. The SMILES string of the molecule is CC[C@H](N)CN1CCOC2CCCC21. The number of ether oxygens (including phenoxy) is 1. The molecule has 3 atom stereocenters. The molecule has 2 N–H and O–H groups in total. The lowest BCUT2D eigenvalue weighted by Crippen LogP contribution is -2.52. The molecule has 0 spiro atoms. The highest BCUT2D eigenvalue weighted by Crippen LogP contribution is 2.29. The van der Waals surface area contributed by atoms with Gasteiger partial charge in [0.15, 0.2) is 0 Å². The van der Waals surface area contributed by atoms with Crippen molar-refractivity contribution in [3.63, 3.8) is 0 Å². The zero-order valence-electron chi connectivity index (χ0n) is 9.11. The number of hydrogen-bond donors (Lipinski definition) is 1. The largest absolute Gasteiger partial charge is 0.375 e. The van der Waals surface area contributed by atoms with E-state index in [-0.39, 0.29) is 0 Å². The van der Waals surface area contributed by atoms with Crippen molar-refractivity contribution in [1.29, 1.82) is 0 Å². The Bertz CT molecular complexity index is 186. The highest BCUT2D eigenvalue weighted by atomic mass is 16.5. The molecule has 1 saturated carbocycles. The molecule has 2 fully saturated rings. The minimum atomic E-state index is 0.342. The number of morpholine rings is 1. The first-order valence-corrected chi connectivity index (χ1v) is 5.92. The molecule has 82 valence electrons. The molecule has 2 rings (SSSR count). The molecule has 0 bridgehead atoms. The third kappa shape index (κ3) is 2.10. The predicted molar refractivity (Wildman–Crippen MR) is 57.2 cm³/mol. The van der Waals surface area contributed by atoms with E-state index < -0.39 is 0 Å². The summed E-state index contributed by atoms with van der Waals surface area (Å²) < 4.78 is 5.76. The molecular formula is C11H22N2O. The van der Waals surface area contributed by atoms with Crippen molar-refractivity contribution in [1.82, 2.24) is 4.90 Å². The maximum atomic E-state index is 6.00. The highest BCUT2D eigenvalue weighted by Gasteiger charge is 2.36. The van der Waals surface area contributed by atoms with E-state index in [1.807, 2.05) is 0 Å². The van der Waals surface area contributed by atoms with Gasteiger partial charge in [-0.2, -0.15) is 0 Å². The molecule has 1 saturated heterocycles. The lowest BCUT2D eigenvalue weighted by molar-refractivity contribution is -0.0571. The minimum absolute atomic E-state index is 0.342. The first-order chi connectivity index (χ1) is 6.81. The Kier molecular flexibility index (Phi) is 3.42. The van der Waals surface area contributed by atoms with Gasteiger partial charge >= 0.3 is 0 Å². The summed E-state index contributed by atoms with van der Waals surface area (Å²) in [4.78, 5) is 2.55. The molecule has 0 amide bonds. The van der Waals surface area contributed by atoms with Crippen LogP contribution >= 0.6 is 0 Å². The standard InChI is InChI=1S/C11H22N2O/c1-2-9(12)8-13-6-7-14-11-5-3-4-10(11)13/h9-11H,2-8,12H2,1H3/t9-,10?,11?/m0/s1. The van der Waals surface area contributed by atoms with Crippen LogP contribution < -0.4 is 5.73 Å². The molecule has 3 heteroatoms. The highest BCUT2D eigenvalue weighted by molar-refractivity contribution is 4.90. The van der Waals surface area contributed by atoms with Gasteiger partial charge < -0.3 is 10.5 Å². The number of hydrogen-bond acceptors (Lipinski definition) is 3. The van der Waals surface area contributed by atoms with Crippen LogP contribution in [0.4, 0.5) is 0 Å². The molecule has 1 heterocycles. The van der Waals surface area contributed by atoms with E-state index in [1.54, 1.807) is 0 Å². The van der Waals surface area contributed by atoms with Crippen LogP contribution in [0.15, 0.2) is 0 Å². The normalized spacial score (nSPS) is 35.6. The average Bonchev–Trinajstić information content (AvgIpc) is 2.66. The van der Waals surface area contributed by atoms with Crippen LogP contribution in [0.3, 0.4) is 0 Å². The smallest absolute Gasteiger partial charge is 0.0730 e. The van der Waals surface area contributed by atoms with Gasteiger partial charge in [0.2, 0.25) is 0 Å². The van der Waals surface area contributed by atoms with Crippen molar-refractivity contribution in [3.8, 4) is 0 Å². The van der Waals surface area contributed by atoms with Crippen LogP contribution in [-0.2, 0) is 4.74 Å². The number of nitrogens with zero attached hydrogens (tertiary/aromatic N) is 1. The molecule has 1 aliphatic heterocycles. The van der Waals surface area contributed by atoms with E-state index in [0.29, 0.717) is 18.2 Å². The van der Waals surface area contributed by atoms with E-state index in [4.69, 9.17) is 10.5 Å². The second-order valence-electron chi connectivity index (χ2n) is 4.57. The van der Waals surface area contributed by atoms with Gasteiger partial charge in [-0.25, -0.2) is 0 Å². The fourth-order valence-corrected chi connectivity index (χ4v) is 2.66. The van der Waals surface area contributed by atoms with Crippen LogP contribution in [0, 0.1) is 0 Å². The fraction of sp³-hybridized carbons (Fsp3) is 1.00. The minimum Gasteiger partial charge on any atom is -0.375 e. The molecule has 0 aromatic rings. The van der Waals surface area contributed by atoms with E-state index in [2.05, 4.69) is 11.8 Å². The van der Waals surface area contributed by atoms with Crippen molar-refractivity contribution in [2.24, 2.45) is 5.73 Å². The number of fused-ring (bicyclic) bond motifs is 1. The maximum Gasteiger partial charge on any atom is 0.0730 e. The first kappa shape index (κ1) is 10.4. The third-order valence-electron chi connectivity index (χ3n) is 3.59. The first-order valence-electron chi connectivity index (χ1n) is 5.92. The molecule has 2 unspecified atom stereocenters. The molecular weight excluding hydrogens is 176 g/mol. The van der Waals surface area contributed by atoms with Gasteiger partial charge in [-0.15, -0.1) is 0 Å². The van der Waals surface area contributed by atoms with E-state index in [0.717, 1.165) is 26.1 Å². The summed E-state index contributed by atoms with van der Waals surface area (Å²) in [7, 11) is 0. The van der Waals surface area contributed by atoms with Gasteiger partial charge in [0, 0.05) is 25.2 Å². The molecule has 0 aromatic heterocycles. The predicted octanol–water partition coefficient (Wildman–Crippen LogP) is 0.977. The van der Waals surface area contributed by atoms with Crippen molar-refractivity contribution >= 4 is 0 Å². The zero-order valence-corrected chi connectivity index (χ0v) is 9.11. The molecule has 14 heavy (non-hydrogen) atoms. The van der Waals surface area contributed by atoms with Gasteiger partial charge in [0.25, 0.3) is 0 Å². The molecule has 3 nitrogen and oxygen atoms in total. The summed E-state index contributed by atoms with van der Waals surface area (Å²) in [6, 6.07) is 1.01. The summed E-state index contributed by atoms with van der Waals surface area (Å²) in [5.41, 5.74) is 6.00. The Labute approximate surface area is 86.6 Å². The van der Waals surface area contributed by atoms with Crippen molar-refractivity contribution in [3.05, 3.63) is 0 Å². The van der Waals surface area contributed by atoms with Crippen molar-refractivity contribution < 1.29 is 4.74 Å². The van der Waals surface area contributed by atoms with Gasteiger partial charge in [-0.3, -0.25) is 4.90 Å². The molecule has 0 aromatic carbocycles. The third-order valence-corrected chi connectivity index (χ3v) is 3.59. The van der Waals surface area contributed by atoms with Crippen LogP contribution in [0.25, 0.3) is 0 Å². The van der Waals surface area contributed by atoms with E-state index in [9.17, 15) is 0 Å². The Morgan fingerprint density at radius 3 is 3.14 bits per heavy atom. The summed E-state index contributed by atoms with van der Waals surface area (Å²) in [5, 5.41) is 0. The fourth-order valence-electron chi connectivity index (χ4n) is 2.66. The Hall–Kier alpha value is -0.120. The second kappa shape index (κ2) is 4.60. The average molecular weight is 198 g/mol. The lowest BCUT2D eigenvalue weighted by atomic mass is 10.1. The van der Waals surface area contributed by atoms with Crippen LogP contribution in [-0.4, -0.2) is 42.8 Å². The second-order valence-corrected chi connectivity index (χ2v) is 4.57. The van der Waals surface area contributed by atoms with Crippen molar-refractivity contribution in [2.45, 2.75) is 50.8 Å². The summed E-state index contributed by atoms with van der Waals surface area (Å²) in [5.74, 6) is 0. The van der Waals surface area contributed by atoms with Crippen LogP contribution in [0.2, 0.25) is 0 Å². The maximum absolute atomic E-state index is 6.00. The monoisotopic (exact) mass is 198 g/mol. The Morgan fingerprint density at radius 1 is 1.50 bits per heavy atom. The molecule has 2 aliphatic rings.